The van der Waals surface area contributed by atoms with Crippen molar-refractivity contribution in [3.63, 3.8) is 0 Å². The third kappa shape index (κ3) is 12.5. The number of aliphatic carboxylic acids is 1. The maximum atomic E-state index is 12.6. The average molecular weight is 762 g/mol. The Morgan fingerprint density at radius 3 is 2.33 bits per heavy atom. The van der Waals surface area contributed by atoms with E-state index in [0.717, 1.165) is 17.1 Å². The fraction of sp³-hybridized carbons (Fsp3) is 0.533. The summed E-state index contributed by atoms with van der Waals surface area (Å²) in [6, 6.07) is 2.52. The maximum Gasteiger partial charge on any atom is 0.335 e. The molecule has 0 bridgehead atoms. The van der Waals surface area contributed by atoms with E-state index < -0.39 is 94.6 Å². The van der Waals surface area contributed by atoms with Crippen molar-refractivity contribution < 1.29 is 85.8 Å². The van der Waals surface area contributed by atoms with Gasteiger partial charge in [-0.25, -0.2) is 4.79 Å². The van der Waals surface area contributed by atoms with Gasteiger partial charge in [0.2, 0.25) is 18.1 Å². The summed E-state index contributed by atoms with van der Waals surface area (Å²) in [6.07, 6.45) is -7.77. The molecule has 1 aromatic carbocycles. The van der Waals surface area contributed by atoms with Crippen LogP contribution in [0, 0.1) is 0 Å². The second-order valence-corrected chi connectivity index (χ2v) is 12.7. The molecule has 0 aliphatic carbocycles. The molecule has 2 heterocycles. The van der Waals surface area contributed by atoms with Crippen LogP contribution in [0.1, 0.15) is 25.3 Å². The Bertz CT molecular complexity index is 1600. The van der Waals surface area contributed by atoms with Gasteiger partial charge in [0, 0.05) is 49.7 Å². The molecule has 0 radical (unpaired) electrons. The fourth-order valence-electron chi connectivity index (χ4n) is 4.60. The summed E-state index contributed by atoms with van der Waals surface area (Å²) in [5, 5.41) is 44.2. The highest BCUT2D eigenvalue weighted by Gasteiger charge is 2.48. The molecule has 21 nitrogen and oxygen atoms in total. The minimum absolute atomic E-state index is 0.0509. The zero-order chi connectivity index (χ0) is 38.6. The molecule has 2 aliphatic heterocycles. The van der Waals surface area contributed by atoms with E-state index in [9.17, 15) is 62.2 Å². The van der Waals surface area contributed by atoms with Crippen LogP contribution in [0.2, 0.25) is 0 Å². The number of imide groups is 1. The van der Waals surface area contributed by atoms with Crippen LogP contribution in [0.3, 0.4) is 0 Å². The molecule has 3 rings (SSSR count). The molecule has 0 spiro atoms. The molecule has 52 heavy (non-hydrogen) atoms. The third-order valence-corrected chi connectivity index (χ3v) is 8.06. The van der Waals surface area contributed by atoms with Crippen LogP contribution in [0.5, 0.6) is 11.5 Å². The van der Waals surface area contributed by atoms with Gasteiger partial charge in [-0.15, -0.1) is 0 Å². The SMILES string of the molecule is CCC(=O)OCc1ccc(OCCOCCNC(=O)[C@H](CS(=O)(=O)O)NC(=O)CCN2C(=O)C=CC2=O)cc1O[C@@H]1O[C@H](C(=O)O)[C@@H](O)[C@H](O)[C@H]1O. The Morgan fingerprint density at radius 1 is 1.00 bits per heavy atom. The number of carboxylic acids is 1. The number of nitrogens with one attached hydrogen (secondary N) is 2. The topological polar surface area (TPSA) is 311 Å². The minimum Gasteiger partial charge on any atom is -0.491 e. The molecular weight excluding hydrogens is 722 g/mol. The number of nitrogens with zero attached hydrogens (tertiary/aromatic N) is 1. The van der Waals surface area contributed by atoms with E-state index in [-0.39, 0.29) is 63.0 Å². The van der Waals surface area contributed by atoms with Crippen LogP contribution in [0.25, 0.3) is 0 Å². The van der Waals surface area contributed by atoms with Crippen LogP contribution in [-0.2, 0) is 59.7 Å². The van der Waals surface area contributed by atoms with E-state index in [1.54, 1.807) is 6.92 Å². The standard InChI is InChI=1S/C30H39N3O18S/c1-2-23(37)49-14-16-3-4-17(13-19(16)50-30-26(40)24(38)25(39)27(51-30)29(42)43)48-12-11-47-10-8-31-28(41)18(15-52(44,45)46)32-20(34)7-9-33-21(35)5-6-22(33)36/h3-6,13,18,24-27,30,38-40H,2,7-12,14-15H2,1H3,(H,31,41)(H,32,34)(H,42,43)(H,44,45,46)/t18-,24-,25-,26+,27-,30+/m0/s1. The third-order valence-electron chi connectivity index (χ3n) is 7.31. The van der Waals surface area contributed by atoms with E-state index in [1.165, 1.54) is 18.2 Å². The zero-order valence-electron chi connectivity index (χ0n) is 27.6. The number of hydrogen-bond donors (Lipinski definition) is 7. The van der Waals surface area contributed by atoms with Crippen LogP contribution in [-0.4, -0.2) is 149 Å². The first-order chi connectivity index (χ1) is 24.5. The first-order valence-corrected chi connectivity index (χ1v) is 17.3. The normalized spacial score (nSPS) is 22.1. The van der Waals surface area contributed by atoms with Crippen molar-refractivity contribution >= 4 is 45.7 Å². The lowest BCUT2D eigenvalue weighted by Crippen LogP contribution is -2.61. The summed E-state index contributed by atoms with van der Waals surface area (Å²) in [7, 11) is -4.71. The van der Waals surface area contributed by atoms with E-state index in [1.807, 2.05) is 0 Å². The van der Waals surface area contributed by atoms with Gasteiger partial charge in [0.1, 0.15) is 54.8 Å². The number of ether oxygens (including phenoxy) is 5. The minimum atomic E-state index is -4.71. The quantitative estimate of drug-likeness (QED) is 0.0295. The summed E-state index contributed by atoms with van der Waals surface area (Å²) >= 11 is 0. The predicted molar refractivity (Wildman–Crippen MR) is 170 cm³/mol. The molecule has 0 saturated carbocycles. The first-order valence-electron chi connectivity index (χ1n) is 15.6. The number of carboxylic acid groups (broad SMARTS) is 1. The Labute approximate surface area is 296 Å². The number of carbonyl (C=O) groups excluding carboxylic acids is 5. The molecule has 288 valence electrons. The molecule has 1 saturated heterocycles. The predicted octanol–water partition coefficient (Wildman–Crippen LogP) is -3.39. The summed E-state index contributed by atoms with van der Waals surface area (Å²) < 4.78 is 59.0. The molecule has 0 unspecified atom stereocenters. The van der Waals surface area contributed by atoms with Gasteiger partial charge < -0.3 is 54.7 Å². The van der Waals surface area contributed by atoms with E-state index >= 15 is 0 Å². The molecule has 4 amide bonds. The lowest BCUT2D eigenvalue weighted by atomic mass is 9.99. The fourth-order valence-corrected chi connectivity index (χ4v) is 5.26. The highest BCUT2D eigenvalue weighted by atomic mass is 32.2. The molecule has 7 N–H and O–H groups in total. The van der Waals surface area contributed by atoms with Gasteiger partial charge in [0.05, 0.1) is 13.2 Å². The lowest BCUT2D eigenvalue weighted by molar-refractivity contribution is -0.271. The van der Waals surface area contributed by atoms with Gasteiger partial charge in [0.15, 0.2) is 6.10 Å². The van der Waals surface area contributed by atoms with Crippen molar-refractivity contribution in [3.05, 3.63) is 35.9 Å². The molecule has 0 aromatic heterocycles. The smallest absolute Gasteiger partial charge is 0.335 e. The van der Waals surface area contributed by atoms with Gasteiger partial charge in [-0.05, 0) is 12.1 Å². The molecule has 1 aromatic rings. The van der Waals surface area contributed by atoms with Crippen LogP contribution < -0.4 is 20.1 Å². The number of aliphatic hydroxyl groups is 3. The second kappa shape index (κ2) is 19.2. The van der Waals surface area contributed by atoms with E-state index in [4.69, 9.17) is 23.7 Å². The van der Waals surface area contributed by atoms with E-state index in [2.05, 4.69) is 10.6 Å². The lowest BCUT2D eigenvalue weighted by Gasteiger charge is -2.38. The Kier molecular flexibility index (Phi) is 15.4. The van der Waals surface area contributed by atoms with Crippen molar-refractivity contribution in [3.8, 4) is 11.5 Å². The maximum absolute atomic E-state index is 12.6. The Hall–Kier alpha value is -4.71. The monoisotopic (exact) mass is 761 g/mol. The summed E-state index contributed by atoms with van der Waals surface area (Å²) in [5.74, 6) is -6.33. The highest BCUT2D eigenvalue weighted by molar-refractivity contribution is 7.85. The molecule has 6 atom stereocenters. The number of hydrogen-bond acceptors (Lipinski definition) is 16. The van der Waals surface area contributed by atoms with Crippen LogP contribution in [0.15, 0.2) is 30.4 Å². The van der Waals surface area contributed by atoms with Crippen LogP contribution in [0.4, 0.5) is 0 Å². The highest BCUT2D eigenvalue weighted by Crippen LogP contribution is 2.30. The van der Waals surface area contributed by atoms with Crippen molar-refractivity contribution in [1.82, 2.24) is 15.5 Å². The molecule has 2 aliphatic rings. The number of esters is 1. The largest absolute Gasteiger partial charge is 0.491 e. The van der Waals surface area contributed by atoms with Crippen molar-refractivity contribution in [2.75, 3.05) is 38.7 Å². The number of benzene rings is 1. The Morgan fingerprint density at radius 2 is 1.69 bits per heavy atom. The van der Waals surface area contributed by atoms with Crippen molar-refractivity contribution in [1.29, 1.82) is 0 Å². The molecular formula is C30H39N3O18S. The van der Waals surface area contributed by atoms with Crippen molar-refractivity contribution in [2.45, 2.75) is 63.1 Å². The number of amides is 4. The Balaban J connectivity index is 1.50. The number of aliphatic hydroxyl groups excluding tert-OH is 3. The van der Waals surface area contributed by atoms with Gasteiger partial charge >= 0.3 is 11.9 Å². The molecule has 22 heteroatoms. The van der Waals surface area contributed by atoms with Gasteiger partial charge in [-0.1, -0.05) is 6.92 Å². The summed E-state index contributed by atoms with van der Waals surface area (Å²) in [6.45, 7) is 0.561. The first kappa shape index (κ1) is 41.7. The van der Waals surface area contributed by atoms with Gasteiger partial charge in [-0.3, -0.25) is 33.4 Å². The van der Waals surface area contributed by atoms with E-state index in [0.29, 0.717) is 0 Å². The summed E-state index contributed by atoms with van der Waals surface area (Å²) in [4.78, 5) is 72.1. The number of rotatable bonds is 20. The average Bonchev–Trinajstić information content (AvgIpc) is 3.41. The van der Waals surface area contributed by atoms with Crippen LogP contribution >= 0.6 is 0 Å². The molecule has 1 fully saturated rings. The van der Waals surface area contributed by atoms with Gasteiger partial charge in [-0.2, -0.15) is 8.42 Å². The zero-order valence-corrected chi connectivity index (χ0v) is 28.4. The second-order valence-electron chi connectivity index (χ2n) is 11.2. The van der Waals surface area contributed by atoms with Crippen molar-refractivity contribution in [2.24, 2.45) is 0 Å². The number of carbonyl (C=O) groups is 6. The van der Waals surface area contributed by atoms with Gasteiger partial charge in [0.25, 0.3) is 21.9 Å². The summed E-state index contributed by atoms with van der Waals surface area (Å²) in [5.41, 5.74) is 0.252.